The number of methoxy groups -OCH3 is 1. The van der Waals surface area contributed by atoms with Crippen molar-refractivity contribution in [2.45, 2.75) is 19.9 Å². The van der Waals surface area contributed by atoms with Gasteiger partial charge in [0.15, 0.2) is 0 Å². The van der Waals surface area contributed by atoms with Crippen LogP contribution in [0.15, 0.2) is 22.7 Å². The first-order valence-electron chi connectivity index (χ1n) is 5.80. The van der Waals surface area contributed by atoms with Crippen LogP contribution in [0.3, 0.4) is 0 Å². The van der Waals surface area contributed by atoms with Crippen molar-refractivity contribution in [1.29, 1.82) is 0 Å². The van der Waals surface area contributed by atoms with Crippen molar-refractivity contribution < 1.29 is 13.9 Å². The van der Waals surface area contributed by atoms with Crippen molar-refractivity contribution in [3.63, 3.8) is 0 Å². The van der Waals surface area contributed by atoms with Crippen molar-refractivity contribution in [3.05, 3.63) is 34.1 Å². The molecule has 0 aliphatic heterocycles. The summed E-state index contributed by atoms with van der Waals surface area (Å²) in [6.45, 7) is 3.78. The van der Waals surface area contributed by atoms with Crippen LogP contribution in [0, 0.1) is 5.82 Å². The average molecular weight is 318 g/mol. The standard InChI is InChI=1S/C13H17BrFNO2/c1-3-16(7-6-13(17)18-2)9-10-8-11(14)4-5-12(10)15/h4-5,8H,3,6-7,9H2,1-2H3. The van der Waals surface area contributed by atoms with E-state index < -0.39 is 0 Å². The molecule has 0 aliphatic carbocycles. The lowest BCUT2D eigenvalue weighted by Crippen LogP contribution is -2.26. The minimum Gasteiger partial charge on any atom is -0.469 e. The maximum Gasteiger partial charge on any atom is 0.306 e. The van der Waals surface area contributed by atoms with Crippen molar-refractivity contribution in [2.24, 2.45) is 0 Å². The molecule has 0 saturated heterocycles. The maximum atomic E-state index is 13.6. The van der Waals surface area contributed by atoms with Gasteiger partial charge >= 0.3 is 5.97 Å². The predicted molar refractivity (Wildman–Crippen MR) is 71.7 cm³/mol. The SMILES string of the molecule is CCN(CCC(=O)OC)Cc1cc(Br)ccc1F. The van der Waals surface area contributed by atoms with Crippen molar-refractivity contribution in [2.75, 3.05) is 20.2 Å². The molecular formula is C13H17BrFNO2. The highest BCUT2D eigenvalue weighted by atomic mass is 79.9. The highest BCUT2D eigenvalue weighted by Crippen LogP contribution is 2.17. The van der Waals surface area contributed by atoms with Crippen LogP contribution in [0.25, 0.3) is 0 Å². The fourth-order valence-electron chi connectivity index (χ4n) is 1.61. The summed E-state index contributed by atoms with van der Waals surface area (Å²) in [6, 6.07) is 4.87. The van der Waals surface area contributed by atoms with Gasteiger partial charge in [-0.3, -0.25) is 9.69 Å². The summed E-state index contributed by atoms with van der Waals surface area (Å²) in [5.74, 6) is -0.474. The van der Waals surface area contributed by atoms with Crippen LogP contribution in [0.4, 0.5) is 4.39 Å². The summed E-state index contributed by atoms with van der Waals surface area (Å²) >= 11 is 3.32. The lowest BCUT2D eigenvalue weighted by atomic mass is 10.2. The number of halogens is 2. The van der Waals surface area contributed by atoms with E-state index in [1.54, 1.807) is 12.1 Å². The monoisotopic (exact) mass is 317 g/mol. The molecule has 3 nitrogen and oxygen atoms in total. The number of carbonyl (C=O) groups is 1. The Hall–Kier alpha value is -0.940. The van der Waals surface area contributed by atoms with E-state index in [0.29, 0.717) is 25.1 Å². The molecule has 0 amide bonds. The Kier molecular flexibility index (Phi) is 6.29. The Labute approximate surface area is 115 Å². The molecule has 1 aromatic rings. The highest BCUT2D eigenvalue weighted by molar-refractivity contribution is 9.10. The first kappa shape index (κ1) is 15.1. The van der Waals surface area contributed by atoms with Crippen molar-refractivity contribution in [3.8, 4) is 0 Å². The predicted octanol–water partition coefficient (Wildman–Crippen LogP) is 2.97. The number of hydrogen-bond donors (Lipinski definition) is 0. The number of rotatable bonds is 6. The van der Waals surface area contributed by atoms with Crippen LogP contribution in [0.5, 0.6) is 0 Å². The smallest absolute Gasteiger partial charge is 0.306 e. The molecular weight excluding hydrogens is 301 g/mol. The second-order valence-electron chi connectivity index (χ2n) is 3.93. The van der Waals surface area contributed by atoms with Gasteiger partial charge in [-0.15, -0.1) is 0 Å². The third-order valence-electron chi connectivity index (χ3n) is 2.71. The van der Waals surface area contributed by atoms with Crippen LogP contribution in [-0.2, 0) is 16.1 Å². The molecule has 100 valence electrons. The highest BCUT2D eigenvalue weighted by Gasteiger charge is 2.10. The van der Waals surface area contributed by atoms with E-state index in [9.17, 15) is 9.18 Å². The number of ether oxygens (including phenoxy) is 1. The molecule has 1 aromatic carbocycles. The summed E-state index contributed by atoms with van der Waals surface area (Å²) in [5.41, 5.74) is 0.621. The van der Waals surface area contributed by atoms with E-state index in [4.69, 9.17) is 0 Å². The lowest BCUT2D eigenvalue weighted by molar-refractivity contribution is -0.141. The van der Waals surface area contributed by atoms with Gasteiger partial charge in [0.05, 0.1) is 13.5 Å². The van der Waals surface area contributed by atoms with E-state index in [-0.39, 0.29) is 11.8 Å². The van der Waals surface area contributed by atoms with E-state index in [1.165, 1.54) is 13.2 Å². The van der Waals surface area contributed by atoms with Gasteiger partial charge in [0.1, 0.15) is 5.82 Å². The fourth-order valence-corrected chi connectivity index (χ4v) is 2.01. The molecule has 5 heteroatoms. The summed E-state index contributed by atoms with van der Waals surface area (Å²) in [4.78, 5) is 13.1. The van der Waals surface area contributed by atoms with Gasteiger partial charge in [0.25, 0.3) is 0 Å². The number of benzene rings is 1. The third-order valence-corrected chi connectivity index (χ3v) is 3.20. The Balaban J connectivity index is 2.62. The van der Waals surface area contributed by atoms with Crippen molar-refractivity contribution >= 4 is 21.9 Å². The normalized spacial score (nSPS) is 10.7. The van der Waals surface area contributed by atoms with E-state index in [2.05, 4.69) is 20.7 Å². The topological polar surface area (TPSA) is 29.5 Å². The Morgan fingerprint density at radius 1 is 1.50 bits per heavy atom. The largest absolute Gasteiger partial charge is 0.469 e. The number of hydrogen-bond acceptors (Lipinski definition) is 3. The molecule has 0 spiro atoms. The summed E-state index contributed by atoms with van der Waals surface area (Å²) in [6.07, 6.45) is 0.319. The molecule has 0 fully saturated rings. The lowest BCUT2D eigenvalue weighted by Gasteiger charge is -2.20. The van der Waals surface area contributed by atoms with Gasteiger partial charge in [0, 0.05) is 23.1 Å². The molecule has 0 atom stereocenters. The number of carbonyl (C=O) groups excluding carboxylic acids is 1. The molecule has 0 radical (unpaired) electrons. The first-order chi connectivity index (χ1) is 8.56. The zero-order chi connectivity index (χ0) is 13.5. The van der Waals surface area contributed by atoms with Crippen LogP contribution < -0.4 is 0 Å². The van der Waals surface area contributed by atoms with Crippen LogP contribution >= 0.6 is 15.9 Å². The zero-order valence-corrected chi connectivity index (χ0v) is 12.2. The second kappa shape index (κ2) is 7.48. The number of esters is 1. The van der Waals surface area contributed by atoms with Gasteiger partial charge in [-0.1, -0.05) is 22.9 Å². The Bertz CT molecular complexity index is 412. The van der Waals surface area contributed by atoms with Gasteiger partial charge in [-0.25, -0.2) is 4.39 Å². The molecule has 0 aliphatic rings. The Morgan fingerprint density at radius 3 is 2.83 bits per heavy atom. The van der Waals surface area contributed by atoms with Crippen LogP contribution in [0.1, 0.15) is 18.9 Å². The molecule has 1 rings (SSSR count). The quantitative estimate of drug-likeness (QED) is 0.755. The molecule has 0 saturated carbocycles. The molecule has 0 bridgehead atoms. The van der Waals surface area contributed by atoms with Crippen LogP contribution in [0.2, 0.25) is 0 Å². The van der Waals surface area contributed by atoms with Gasteiger partial charge in [0.2, 0.25) is 0 Å². The second-order valence-corrected chi connectivity index (χ2v) is 4.85. The van der Waals surface area contributed by atoms with E-state index in [1.807, 2.05) is 11.8 Å². The average Bonchev–Trinajstić information content (AvgIpc) is 2.37. The summed E-state index contributed by atoms with van der Waals surface area (Å²) in [5, 5.41) is 0. The maximum absolute atomic E-state index is 13.6. The van der Waals surface area contributed by atoms with Gasteiger partial charge in [-0.05, 0) is 24.7 Å². The third kappa shape index (κ3) is 4.74. The molecule has 0 heterocycles. The van der Waals surface area contributed by atoms with E-state index >= 15 is 0 Å². The van der Waals surface area contributed by atoms with Crippen molar-refractivity contribution in [1.82, 2.24) is 4.90 Å². The van der Waals surface area contributed by atoms with E-state index in [0.717, 1.165) is 11.0 Å². The molecule has 0 N–H and O–H groups in total. The zero-order valence-electron chi connectivity index (χ0n) is 10.6. The van der Waals surface area contributed by atoms with Gasteiger partial charge < -0.3 is 4.74 Å². The molecule has 0 aromatic heterocycles. The molecule has 18 heavy (non-hydrogen) atoms. The van der Waals surface area contributed by atoms with Gasteiger partial charge in [-0.2, -0.15) is 0 Å². The number of nitrogens with zero attached hydrogens (tertiary/aromatic N) is 1. The summed E-state index contributed by atoms with van der Waals surface area (Å²) in [7, 11) is 1.37. The fraction of sp³-hybridized carbons (Fsp3) is 0.462. The summed E-state index contributed by atoms with van der Waals surface area (Å²) < 4.78 is 19.0. The molecule has 0 unspecified atom stereocenters. The Morgan fingerprint density at radius 2 is 2.22 bits per heavy atom. The minimum atomic E-state index is -0.247. The first-order valence-corrected chi connectivity index (χ1v) is 6.59. The minimum absolute atomic E-state index is 0.227. The van der Waals surface area contributed by atoms with Crippen LogP contribution in [-0.4, -0.2) is 31.1 Å².